The third-order valence-electron chi connectivity index (χ3n) is 3.56. The van der Waals surface area contributed by atoms with Gasteiger partial charge in [0.15, 0.2) is 0 Å². The second-order valence-electron chi connectivity index (χ2n) is 5.27. The predicted molar refractivity (Wildman–Crippen MR) is 82.7 cm³/mol. The van der Waals surface area contributed by atoms with Crippen LogP contribution < -0.4 is 0 Å². The van der Waals surface area contributed by atoms with Crippen LogP contribution in [0.25, 0.3) is 0 Å². The molecule has 0 bridgehead atoms. The van der Waals surface area contributed by atoms with Gasteiger partial charge in [0.05, 0.1) is 13.0 Å². The minimum absolute atomic E-state index is 0.0143. The molecule has 1 heterocycles. The van der Waals surface area contributed by atoms with E-state index in [0.29, 0.717) is 0 Å². The van der Waals surface area contributed by atoms with Crippen molar-refractivity contribution in [3.05, 3.63) is 71.8 Å². The van der Waals surface area contributed by atoms with Gasteiger partial charge in [0.1, 0.15) is 12.7 Å². The van der Waals surface area contributed by atoms with Gasteiger partial charge in [-0.05, 0) is 11.1 Å². The van der Waals surface area contributed by atoms with Gasteiger partial charge in [-0.3, -0.25) is 14.4 Å². The van der Waals surface area contributed by atoms with Crippen molar-refractivity contribution in [1.82, 2.24) is 5.06 Å². The third kappa shape index (κ3) is 3.83. The van der Waals surface area contributed by atoms with Crippen LogP contribution in [-0.4, -0.2) is 23.0 Å². The molecule has 23 heavy (non-hydrogen) atoms. The first-order valence-corrected chi connectivity index (χ1v) is 7.43. The minimum Gasteiger partial charge on any atom is -0.363 e. The zero-order valence-electron chi connectivity index (χ0n) is 12.6. The largest absolute Gasteiger partial charge is 0.363 e. The van der Waals surface area contributed by atoms with E-state index in [-0.39, 0.29) is 25.5 Å². The molecule has 118 valence electrons. The van der Waals surface area contributed by atoms with Gasteiger partial charge in [-0.15, -0.1) is 0 Å². The summed E-state index contributed by atoms with van der Waals surface area (Å²) in [7, 11) is 0. The van der Waals surface area contributed by atoms with Crippen molar-refractivity contribution in [2.75, 3.05) is 0 Å². The Morgan fingerprint density at radius 2 is 1.43 bits per heavy atom. The van der Waals surface area contributed by atoms with Gasteiger partial charge in [0.2, 0.25) is 0 Å². The molecule has 1 fully saturated rings. The van der Waals surface area contributed by atoms with E-state index in [4.69, 9.17) is 9.57 Å². The second kappa shape index (κ2) is 7.17. The summed E-state index contributed by atoms with van der Waals surface area (Å²) in [6, 6.07) is 18.9. The summed E-state index contributed by atoms with van der Waals surface area (Å²) in [5.41, 5.74) is 1.85. The highest BCUT2D eigenvalue weighted by molar-refractivity contribution is 6.03. The zero-order valence-corrected chi connectivity index (χ0v) is 12.6. The molecule has 1 saturated heterocycles. The van der Waals surface area contributed by atoms with Gasteiger partial charge in [0.25, 0.3) is 11.8 Å². The number of rotatable bonds is 6. The molecule has 2 aromatic rings. The van der Waals surface area contributed by atoms with Crippen LogP contribution in [0, 0.1) is 0 Å². The standard InChI is InChI=1S/C18H17NO4/c20-17-11-16(22-12-14-7-3-1-4-8-14)18(21)19(17)23-13-15-9-5-2-6-10-15/h1-10,16H,11-13H2/t16-/m1/s1. The lowest BCUT2D eigenvalue weighted by Gasteiger charge is -2.14. The van der Waals surface area contributed by atoms with Gasteiger partial charge < -0.3 is 4.74 Å². The average Bonchev–Trinajstić information content (AvgIpc) is 2.87. The molecule has 5 heteroatoms. The number of carbonyl (C=O) groups excluding carboxylic acids is 2. The summed E-state index contributed by atoms with van der Waals surface area (Å²) in [6.45, 7) is 0.459. The molecule has 2 aromatic carbocycles. The quantitative estimate of drug-likeness (QED) is 0.769. The number of nitrogens with zero attached hydrogens (tertiary/aromatic N) is 1. The Bertz CT molecular complexity index is 672. The lowest BCUT2D eigenvalue weighted by atomic mass is 10.2. The van der Waals surface area contributed by atoms with E-state index in [9.17, 15) is 9.59 Å². The molecule has 1 aliphatic rings. The maximum Gasteiger partial charge on any atom is 0.283 e. The third-order valence-corrected chi connectivity index (χ3v) is 3.56. The monoisotopic (exact) mass is 311 g/mol. The molecule has 0 N–H and O–H groups in total. The molecule has 0 spiro atoms. The van der Waals surface area contributed by atoms with Crippen molar-refractivity contribution in [2.45, 2.75) is 25.7 Å². The summed E-state index contributed by atoms with van der Waals surface area (Å²) in [6.07, 6.45) is -0.765. The first kappa shape index (κ1) is 15.4. The molecule has 2 amide bonds. The molecule has 0 saturated carbocycles. The number of amides is 2. The highest BCUT2D eigenvalue weighted by atomic mass is 16.7. The Kier molecular flexibility index (Phi) is 4.80. The topological polar surface area (TPSA) is 55.8 Å². The Balaban J connectivity index is 1.54. The van der Waals surface area contributed by atoms with Crippen molar-refractivity contribution < 1.29 is 19.2 Å². The van der Waals surface area contributed by atoms with Crippen LogP contribution in [0.1, 0.15) is 17.5 Å². The van der Waals surface area contributed by atoms with E-state index in [2.05, 4.69) is 0 Å². The van der Waals surface area contributed by atoms with E-state index < -0.39 is 12.0 Å². The van der Waals surface area contributed by atoms with Crippen LogP contribution in [0.3, 0.4) is 0 Å². The first-order valence-electron chi connectivity index (χ1n) is 7.43. The van der Waals surface area contributed by atoms with Crippen molar-refractivity contribution in [1.29, 1.82) is 0 Å². The molecule has 5 nitrogen and oxygen atoms in total. The number of hydrogen-bond acceptors (Lipinski definition) is 4. The highest BCUT2D eigenvalue weighted by Crippen LogP contribution is 2.19. The van der Waals surface area contributed by atoms with Gasteiger partial charge in [-0.25, -0.2) is 0 Å². The number of hydrogen-bond donors (Lipinski definition) is 0. The number of benzene rings is 2. The summed E-state index contributed by atoms with van der Waals surface area (Å²) >= 11 is 0. The van der Waals surface area contributed by atoms with Crippen molar-refractivity contribution in [2.24, 2.45) is 0 Å². The lowest BCUT2D eigenvalue weighted by molar-refractivity contribution is -0.194. The van der Waals surface area contributed by atoms with Crippen molar-refractivity contribution in [3.63, 3.8) is 0 Å². The minimum atomic E-state index is -0.779. The summed E-state index contributed by atoms with van der Waals surface area (Å²) < 4.78 is 5.56. The van der Waals surface area contributed by atoms with E-state index in [1.165, 1.54) is 0 Å². The molecule has 0 aromatic heterocycles. The molecule has 3 rings (SSSR count). The van der Waals surface area contributed by atoms with Gasteiger partial charge in [-0.2, -0.15) is 5.06 Å². The number of carbonyl (C=O) groups is 2. The lowest BCUT2D eigenvalue weighted by Crippen LogP contribution is -2.32. The SMILES string of the molecule is O=C1C[C@@H](OCc2ccccc2)C(=O)N1OCc1ccccc1. The molecular formula is C18H17NO4. The van der Waals surface area contributed by atoms with Gasteiger partial charge >= 0.3 is 0 Å². The van der Waals surface area contributed by atoms with Crippen LogP contribution in [-0.2, 0) is 32.4 Å². The van der Waals surface area contributed by atoms with Crippen LogP contribution in [0.2, 0.25) is 0 Å². The van der Waals surface area contributed by atoms with Crippen LogP contribution >= 0.6 is 0 Å². The molecule has 0 unspecified atom stereocenters. The molecule has 0 aliphatic carbocycles. The van der Waals surface area contributed by atoms with Crippen molar-refractivity contribution in [3.8, 4) is 0 Å². The zero-order chi connectivity index (χ0) is 16.1. The fraction of sp³-hybridized carbons (Fsp3) is 0.222. The fourth-order valence-corrected chi connectivity index (χ4v) is 2.33. The summed E-state index contributed by atoms with van der Waals surface area (Å²) in [4.78, 5) is 29.5. The normalized spacial score (nSPS) is 17.7. The Hall–Kier alpha value is -2.50. The summed E-state index contributed by atoms with van der Waals surface area (Å²) in [5, 5.41) is 0.822. The predicted octanol–water partition coefficient (Wildman–Crippen LogP) is 2.46. The maximum absolute atomic E-state index is 12.2. The van der Waals surface area contributed by atoms with Gasteiger partial charge in [-0.1, -0.05) is 60.7 Å². The Morgan fingerprint density at radius 1 is 0.870 bits per heavy atom. The Morgan fingerprint density at radius 3 is 2.04 bits per heavy atom. The number of ether oxygens (including phenoxy) is 1. The molecule has 1 aliphatic heterocycles. The van der Waals surface area contributed by atoms with E-state index in [1.807, 2.05) is 60.7 Å². The number of imide groups is 1. The first-order chi connectivity index (χ1) is 11.2. The van der Waals surface area contributed by atoms with E-state index in [0.717, 1.165) is 16.2 Å². The second-order valence-corrected chi connectivity index (χ2v) is 5.27. The van der Waals surface area contributed by atoms with E-state index >= 15 is 0 Å². The van der Waals surface area contributed by atoms with Crippen molar-refractivity contribution >= 4 is 11.8 Å². The van der Waals surface area contributed by atoms with Crippen LogP contribution in [0.15, 0.2) is 60.7 Å². The van der Waals surface area contributed by atoms with Crippen LogP contribution in [0.4, 0.5) is 0 Å². The summed E-state index contributed by atoms with van der Waals surface area (Å²) in [5.74, 6) is -0.814. The maximum atomic E-state index is 12.2. The Labute approximate surface area is 134 Å². The number of hydroxylamine groups is 2. The molecule has 0 radical (unpaired) electrons. The van der Waals surface area contributed by atoms with Crippen LogP contribution in [0.5, 0.6) is 0 Å². The smallest absolute Gasteiger partial charge is 0.283 e. The van der Waals surface area contributed by atoms with E-state index in [1.54, 1.807) is 0 Å². The van der Waals surface area contributed by atoms with Gasteiger partial charge in [0, 0.05) is 0 Å². The molecular weight excluding hydrogens is 294 g/mol. The average molecular weight is 311 g/mol. The highest BCUT2D eigenvalue weighted by Gasteiger charge is 2.40. The molecule has 1 atom stereocenters. The fourth-order valence-electron chi connectivity index (χ4n) is 2.33.